The molecule has 0 heterocycles. The number of aliphatic hydroxyl groups excluding tert-OH is 1. The number of carboxylic acid groups (broad SMARTS) is 3. The van der Waals surface area contributed by atoms with Crippen LogP contribution < -0.4 is 5.73 Å². The Labute approximate surface area is 96.1 Å². The maximum Gasteiger partial charge on any atom is 0.333 e. The van der Waals surface area contributed by atoms with E-state index in [0.717, 1.165) is 0 Å². The molecule has 16 heavy (non-hydrogen) atoms. The van der Waals surface area contributed by atoms with Crippen LogP contribution in [0.2, 0.25) is 0 Å². The average Bonchev–Trinajstić information content (AvgIpc) is 2.16. The Balaban J connectivity index is 0. The molecule has 0 saturated heterocycles. The summed E-state index contributed by atoms with van der Waals surface area (Å²) in [5.74, 6) is -3.66. The smallest absolute Gasteiger partial charge is 0.333 e. The first kappa shape index (κ1) is 17.1. The van der Waals surface area contributed by atoms with E-state index >= 15 is 0 Å². The van der Waals surface area contributed by atoms with Crippen LogP contribution in [-0.2, 0) is 14.4 Å². The maximum atomic E-state index is 9.76. The lowest BCUT2D eigenvalue weighted by atomic mass is 10.3. The van der Waals surface area contributed by atoms with Crippen LogP contribution in [0.3, 0.4) is 0 Å². The normalized spacial score (nSPS) is 12.9. The van der Waals surface area contributed by atoms with Gasteiger partial charge in [-0.15, -0.1) is 0 Å². The molecule has 0 aliphatic carbocycles. The first-order valence-electron chi connectivity index (χ1n) is 3.94. The highest BCUT2D eigenvalue weighted by Crippen LogP contribution is 1.89. The van der Waals surface area contributed by atoms with Gasteiger partial charge in [0.25, 0.3) is 0 Å². The molecular formula is C7H13NO7S. The highest BCUT2D eigenvalue weighted by atomic mass is 32.1. The molecule has 0 fully saturated rings. The number of thiol groups is 1. The summed E-state index contributed by atoms with van der Waals surface area (Å²) in [5, 5.41) is 32.2. The number of carboxylic acids is 3. The fraction of sp³-hybridized carbons (Fsp3) is 0.571. The lowest BCUT2D eigenvalue weighted by molar-refractivity contribution is -0.152. The van der Waals surface area contributed by atoms with Gasteiger partial charge in [0.1, 0.15) is 6.04 Å². The van der Waals surface area contributed by atoms with Gasteiger partial charge in [0.15, 0.2) is 6.10 Å². The number of hydrogen-bond acceptors (Lipinski definition) is 6. The van der Waals surface area contributed by atoms with Crippen molar-refractivity contribution in [2.45, 2.75) is 18.6 Å². The second-order valence-corrected chi connectivity index (χ2v) is 2.94. The Kier molecular flexibility index (Phi) is 9.55. The fourth-order valence-electron chi connectivity index (χ4n) is 0.331. The number of nitrogens with two attached hydrogens (primary N) is 1. The third-order valence-corrected chi connectivity index (χ3v) is 1.56. The number of carbonyl (C=O) groups is 3. The Morgan fingerprint density at radius 3 is 1.62 bits per heavy atom. The van der Waals surface area contributed by atoms with Crippen molar-refractivity contribution >= 4 is 30.5 Å². The maximum absolute atomic E-state index is 9.76. The van der Waals surface area contributed by atoms with Gasteiger partial charge in [0, 0.05) is 5.75 Å². The van der Waals surface area contributed by atoms with Gasteiger partial charge in [-0.25, -0.2) is 4.79 Å². The minimum Gasteiger partial charge on any atom is -0.481 e. The van der Waals surface area contributed by atoms with Gasteiger partial charge in [-0.1, -0.05) is 0 Å². The average molecular weight is 255 g/mol. The summed E-state index contributed by atoms with van der Waals surface area (Å²) in [6.45, 7) is 0. The van der Waals surface area contributed by atoms with Gasteiger partial charge >= 0.3 is 17.9 Å². The molecule has 0 radical (unpaired) electrons. The summed E-state index contributed by atoms with van der Waals surface area (Å²) in [6, 6.07) is -0.816. The zero-order valence-corrected chi connectivity index (χ0v) is 9.00. The van der Waals surface area contributed by atoms with Crippen molar-refractivity contribution in [3.8, 4) is 0 Å². The van der Waals surface area contributed by atoms with Gasteiger partial charge in [0.05, 0.1) is 6.42 Å². The third kappa shape index (κ3) is 10.8. The number of aliphatic carboxylic acids is 3. The van der Waals surface area contributed by atoms with Gasteiger partial charge in [-0.3, -0.25) is 9.59 Å². The first-order chi connectivity index (χ1) is 7.22. The predicted octanol–water partition coefficient (Wildman–Crippen LogP) is -1.77. The van der Waals surface area contributed by atoms with Crippen LogP contribution in [0.25, 0.3) is 0 Å². The predicted molar refractivity (Wildman–Crippen MR) is 55.4 cm³/mol. The van der Waals surface area contributed by atoms with Crippen LogP contribution in [0.5, 0.6) is 0 Å². The summed E-state index contributed by atoms with van der Waals surface area (Å²) in [6.07, 6.45) is -2.54. The minimum absolute atomic E-state index is 0.190. The second kappa shape index (κ2) is 8.95. The van der Waals surface area contributed by atoms with Gasteiger partial charge in [-0.05, 0) is 0 Å². The van der Waals surface area contributed by atoms with E-state index in [-0.39, 0.29) is 5.75 Å². The number of hydrogen-bond donors (Lipinski definition) is 6. The Hall–Kier alpha value is -1.32. The van der Waals surface area contributed by atoms with Crippen molar-refractivity contribution in [3.63, 3.8) is 0 Å². The topological polar surface area (TPSA) is 158 Å². The molecule has 0 aromatic carbocycles. The van der Waals surface area contributed by atoms with Crippen molar-refractivity contribution in [3.05, 3.63) is 0 Å². The van der Waals surface area contributed by atoms with Crippen molar-refractivity contribution in [1.82, 2.24) is 0 Å². The lowest BCUT2D eigenvalue weighted by Gasteiger charge is -1.97. The highest BCUT2D eigenvalue weighted by molar-refractivity contribution is 7.80. The Morgan fingerprint density at radius 2 is 1.56 bits per heavy atom. The van der Waals surface area contributed by atoms with Crippen molar-refractivity contribution in [1.29, 1.82) is 0 Å². The molecule has 9 heteroatoms. The molecule has 0 saturated carbocycles. The van der Waals surface area contributed by atoms with E-state index in [4.69, 9.17) is 26.2 Å². The molecule has 0 aromatic heterocycles. The first-order valence-corrected chi connectivity index (χ1v) is 4.57. The highest BCUT2D eigenvalue weighted by Gasteiger charge is 2.16. The van der Waals surface area contributed by atoms with E-state index in [9.17, 15) is 14.4 Å². The van der Waals surface area contributed by atoms with Crippen molar-refractivity contribution in [2.75, 3.05) is 5.75 Å². The molecule has 94 valence electrons. The Bertz CT molecular complexity index is 257. The lowest BCUT2D eigenvalue weighted by Crippen LogP contribution is -2.31. The van der Waals surface area contributed by atoms with Crippen LogP contribution in [-0.4, -0.2) is 56.2 Å². The van der Waals surface area contributed by atoms with E-state index in [1.54, 1.807) is 0 Å². The van der Waals surface area contributed by atoms with Crippen molar-refractivity contribution in [2.24, 2.45) is 5.73 Å². The zero-order chi connectivity index (χ0) is 13.3. The summed E-state index contributed by atoms with van der Waals surface area (Å²) in [5.41, 5.74) is 4.94. The van der Waals surface area contributed by atoms with Crippen molar-refractivity contribution < 1.29 is 34.8 Å². The van der Waals surface area contributed by atoms with Crippen LogP contribution in [0.4, 0.5) is 0 Å². The standard InChI is InChI=1S/C4H6O5.C3H7NO2S/c5-2(4(8)9)1-3(6)7;4-2(1-7)3(5)6/h2,5H,1H2,(H,6,7)(H,8,9);2,7H,1,4H2,(H,5,6)/t;2-/m.0/s1. The molecule has 0 bridgehead atoms. The molecule has 0 amide bonds. The molecular weight excluding hydrogens is 242 g/mol. The van der Waals surface area contributed by atoms with Gasteiger partial charge in [0.2, 0.25) is 0 Å². The molecule has 2 atom stereocenters. The zero-order valence-electron chi connectivity index (χ0n) is 8.11. The van der Waals surface area contributed by atoms with E-state index in [2.05, 4.69) is 12.6 Å². The molecule has 0 rings (SSSR count). The number of aliphatic hydroxyl groups is 1. The van der Waals surface area contributed by atoms with E-state index in [1.165, 1.54) is 0 Å². The van der Waals surface area contributed by atoms with E-state index in [1.807, 2.05) is 0 Å². The van der Waals surface area contributed by atoms with Crippen LogP contribution in [0.1, 0.15) is 6.42 Å². The molecule has 1 unspecified atom stereocenters. The molecule has 6 N–H and O–H groups in total. The van der Waals surface area contributed by atoms with Crippen LogP contribution in [0, 0.1) is 0 Å². The largest absolute Gasteiger partial charge is 0.481 e. The van der Waals surface area contributed by atoms with Gasteiger partial charge < -0.3 is 26.2 Å². The summed E-state index contributed by atoms with van der Waals surface area (Å²) >= 11 is 3.65. The van der Waals surface area contributed by atoms with E-state index in [0.29, 0.717) is 0 Å². The molecule has 0 aromatic rings. The molecule has 0 aliphatic rings. The molecule has 8 nitrogen and oxygen atoms in total. The fourth-order valence-corrected chi connectivity index (χ4v) is 0.487. The number of rotatable bonds is 5. The Morgan fingerprint density at radius 1 is 1.12 bits per heavy atom. The van der Waals surface area contributed by atoms with E-state index < -0.39 is 36.5 Å². The van der Waals surface area contributed by atoms with Gasteiger partial charge in [-0.2, -0.15) is 12.6 Å². The monoisotopic (exact) mass is 255 g/mol. The third-order valence-electron chi connectivity index (χ3n) is 1.17. The summed E-state index contributed by atoms with van der Waals surface area (Å²) in [4.78, 5) is 29.2. The summed E-state index contributed by atoms with van der Waals surface area (Å²) < 4.78 is 0. The minimum atomic E-state index is -1.79. The summed E-state index contributed by atoms with van der Waals surface area (Å²) in [7, 11) is 0. The second-order valence-electron chi connectivity index (χ2n) is 2.58. The van der Waals surface area contributed by atoms with Crippen LogP contribution in [0.15, 0.2) is 0 Å². The SMILES string of the molecule is N[C@@H](CS)C(=O)O.O=C(O)CC(O)C(=O)O. The van der Waals surface area contributed by atoms with Crippen LogP contribution >= 0.6 is 12.6 Å². The molecule has 0 spiro atoms. The molecule has 0 aliphatic heterocycles. The quantitative estimate of drug-likeness (QED) is 0.315.